The average molecular weight is 302 g/mol. The first-order valence-electron chi connectivity index (χ1n) is 8.27. The first-order valence-corrected chi connectivity index (χ1v) is 8.27. The summed E-state index contributed by atoms with van der Waals surface area (Å²) in [6.45, 7) is 6.09. The molecule has 0 saturated heterocycles. The zero-order valence-corrected chi connectivity index (χ0v) is 13.5. The summed E-state index contributed by atoms with van der Waals surface area (Å²) in [5.41, 5.74) is 1.13. The van der Waals surface area contributed by atoms with E-state index in [1.165, 1.54) is 0 Å². The van der Waals surface area contributed by atoms with Gasteiger partial charge in [0.05, 0.1) is 11.8 Å². The Bertz CT molecular complexity index is 501. The Kier molecular flexibility index (Phi) is 5.99. The normalized spacial score (nSPS) is 19.5. The van der Waals surface area contributed by atoms with Gasteiger partial charge >= 0.3 is 0 Å². The van der Waals surface area contributed by atoms with Crippen molar-refractivity contribution in [1.82, 2.24) is 10.2 Å². The lowest BCUT2D eigenvalue weighted by molar-refractivity contribution is -0.135. The molecule has 1 fully saturated rings. The van der Waals surface area contributed by atoms with E-state index in [4.69, 9.17) is 0 Å². The van der Waals surface area contributed by atoms with E-state index < -0.39 is 0 Å². The van der Waals surface area contributed by atoms with Crippen LogP contribution in [0.4, 0.5) is 0 Å². The van der Waals surface area contributed by atoms with Crippen LogP contribution in [0.15, 0.2) is 30.3 Å². The number of rotatable bonds is 8. The SMILES string of the molecule is CCCCNC(=O)C1CC1C(=O)N(CC)Cc1ccccc1. The number of amides is 2. The Hall–Kier alpha value is -1.84. The number of carbonyl (C=O) groups excluding carboxylic acids is 2. The molecular weight excluding hydrogens is 276 g/mol. The second kappa shape index (κ2) is 7.97. The quantitative estimate of drug-likeness (QED) is 0.750. The summed E-state index contributed by atoms with van der Waals surface area (Å²) in [4.78, 5) is 26.4. The van der Waals surface area contributed by atoms with Gasteiger partial charge in [-0.25, -0.2) is 0 Å². The number of carbonyl (C=O) groups is 2. The van der Waals surface area contributed by atoms with E-state index in [0.29, 0.717) is 26.1 Å². The Morgan fingerprint density at radius 1 is 1.18 bits per heavy atom. The molecular formula is C18H26N2O2. The van der Waals surface area contributed by atoms with Gasteiger partial charge in [-0.15, -0.1) is 0 Å². The Balaban J connectivity index is 1.84. The van der Waals surface area contributed by atoms with Gasteiger partial charge in [0, 0.05) is 19.6 Å². The van der Waals surface area contributed by atoms with Crippen molar-refractivity contribution in [2.75, 3.05) is 13.1 Å². The maximum atomic E-state index is 12.5. The maximum absolute atomic E-state index is 12.5. The number of hydrogen-bond acceptors (Lipinski definition) is 2. The summed E-state index contributed by atoms with van der Waals surface area (Å²) in [7, 11) is 0. The lowest BCUT2D eigenvalue weighted by atomic mass is 10.2. The maximum Gasteiger partial charge on any atom is 0.226 e. The second-order valence-corrected chi connectivity index (χ2v) is 5.93. The lowest BCUT2D eigenvalue weighted by Gasteiger charge is -2.21. The van der Waals surface area contributed by atoms with Crippen LogP contribution in [-0.2, 0) is 16.1 Å². The fourth-order valence-corrected chi connectivity index (χ4v) is 2.66. The van der Waals surface area contributed by atoms with Crippen molar-refractivity contribution in [1.29, 1.82) is 0 Å². The van der Waals surface area contributed by atoms with Gasteiger partial charge in [0.1, 0.15) is 0 Å². The average Bonchev–Trinajstić information content (AvgIpc) is 3.34. The predicted octanol–water partition coefficient (Wildman–Crippen LogP) is 2.59. The Labute approximate surface area is 132 Å². The topological polar surface area (TPSA) is 49.4 Å². The predicted molar refractivity (Wildman–Crippen MR) is 87.0 cm³/mol. The standard InChI is InChI=1S/C18H26N2O2/c1-3-5-11-19-17(21)15-12-16(15)18(22)20(4-2)13-14-9-7-6-8-10-14/h6-10,15-16H,3-5,11-13H2,1-2H3,(H,19,21). The molecule has 1 saturated carbocycles. The minimum Gasteiger partial charge on any atom is -0.356 e. The fraction of sp³-hybridized carbons (Fsp3) is 0.556. The molecule has 0 bridgehead atoms. The van der Waals surface area contributed by atoms with Gasteiger partial charge in [-0.2, -0.15) is 0 Å². The monoisotopic (exact) mass is 302 g/mol. The summed E-state index contributed by atoms with van der Waals surface area (Å²) >= 11 is 0. The molecule has 1 aromatic carbocycles. The van der Waals surface area contributed by atoms with Crippen LogP contribution in [0, 0.1) is 11.8 Å². The van der Waals surface area contributed by atoms with E-state index in [0.717, 1.165) is 18.4 Å². The van der Waals surface area contributed by atoms with Gasteiger partial charge in [-0.05, 0) is 25.3 Å². The molecule has 1 N–H and O–H groups in total. The van der Waals surface area contributed by atoms with Crippen LogP contribution < -0.4 is 5.32 Å². The zero-order chi connectivity index (χ0) is 15.9. The molecule has 1 aromatic rings. The first kappa shape index (κ1) is 16.5. The summed E-state index contributed by atoms with van der Waals surface area (Å²) in [6, 6.07) is 9.98. The van der Waals surface area contributed by atoms with Gasteiger partial charge in [0.15, 0.2) is 0 Å². The van der Waals surface area contributed by atoms with Gasteiger partial charge in [-0.1, -0.05) is 43.7 Å². The summed E-state index contributed by atoms with van der Waals surface area (Å²) in [5.74, 6) is -0.0796. The molecule has 0 heterocycles. The van der Waals surface area contributed by atoms with Gasteiger partial charge < -0.3 is 10.2 Å². The van der Waals surface area contributed by atoms with Crippen LogP contribution in [0.5, 0.6) is 0 Å². The van der Waals surface area contributed by atoms with Crippen molar-refractivity contribution in [3.8, 4) is 0 Å². The Morgan fingerprint density at radius 2 is 1.91 bits per heavy atom. The molecule has 2 amide bonds. The third kappa shape index (κ3) is 4.33. The first-order chi connectivity index (χ1) is 10.7. The molecule has 1 aliphatic carbocycles. The third-order valence-corrected chi connectivity index (χ3v) is 4.18. The number of unbranched alkanes of at least 4 members (excludes halogenated alkanes) is 1. The highest BCUT2D eigenvalue weighted by Gasteiger charge is 2.49. The van der Waals surface area contributed by atoms with E-state index in [-0.39, 0.29) is 23.7 Å². The molecule has 0 aromatic heterocycles. The largest absolute Gasteiger partial charge is 0.356 e. The fourth-order valence-electron chi connectivity index (χ4n) is 2.66. The van der Waals surface area contributed by atoms with Crippen LogP contribution in [0.25, 0.3) is 0 Å². The number of hydrogen-bond donors (Lipinski definition) is 1. The van der Waals surface area contributed by atoms with Gasteiger partial charge in [-0.3, -0.25) is 9.59 Å². The number of nitrogens with zero attached hydrogens (tertiary/aromatic N) is 1. The van der Waals surface area contributed by atoms with Gasteiger partial charge in [0.2, 0.25) is 11.8 Å². The molecule has 120 valence electrons. The molecule has 2 atom stereocenters. The number of benzene rings is 1. The van der Waals surface area contributed by atoms with E-state index >= 15 is 0 Å². The smallest absolute Gasteiger partial charge is 0.226 e. The second-order valence-electron chi connectivity index (χ2n) is 5.93. The van der Waals surface area contributed by atoms with E-state index in [2.05, 4.69) is 12.2 Å². The zero-order valence-electron chi connectivity index (χ0n) is 13.5. The molecule has 2 unspecified atom stereocenters. The van der Waals surface area contributed by atoms with Crippen molar-refractivity contribution in [2.24, 2.45) is 11.8 Å². The summed E-state index contributed by atoms with van der Waals surface area (Å²) < 4.78 is 0. The van der Waals surface area contributed by atoms with E-state index in [1.807, 2.05) is 42.2 Å². The molecule has 1 aliphatic rings. The molecule has 4 heteroatoms. The summed E-state index contributed by atoms with van der Waals surface area (Å²) in [6.07, 6.45) is 2.75. The minimum absolute atomic E-state index is 0.0440. The van der Waals surface area contributed by atoms with Crippen LogP contribution in [0.2, 0.25) is 0 Å². The van der Waals surface area contributed by atoms with Crippen LogP contribution in [0.1, 0.15) is 38.7 Å². The summed E-state index contributed by atoms with van der Waals surface area (Å²) in [5, 5.41) is 2.93. The van der Waals surface area contributed by atoms with E-state index in [9.17, 15) is 9.59 Å². The van der Waals surface area contributed by atoms with Crippen molar-refractivity contribution in [3.63, 3.8) is 0 Å². The van der Waals surface area contributed by atoms with Crippen molar-refractivity contribution in [2.45, 2.75) is 39.7 Å². The molecule has 22 heavy (non-hydrogen) atoms. The minimum atomic E-state index is -0.120. The van der Waals surface area contributed by atoms with Crippen molar-refractivity contribution >= 4 is 11.8 Å². The third-order valence-electron chi connectivity index (χ3n) is 4.18. The number of nitrogens with one attached hydrogen (secondary N) is 1. The highest BCUT2D eigenvalue weighted by atomic mass is 16.2. The van der Waals surface area contributed by atoms with Crippen molar-refractivity contribution in [3.05, 3.63) is 35.9 Å². The van der Waals surface area contributed by atoms with E-state index in [1.54, 1.807) is 0 Å². The molecule has 4 nitrogen and oxygen atoms in total. The highest BCUT2D eigenvalue weighted by molar-refractivity contribution is 5.92. The van der Waals surface area contributed by atoms with Crippen LogP contribution >= 0.6 is 0 Å². The van der Waals surface area contributed by atoms with Crippen LogP contribution in [-0.4, -0.2) is 29.8 Å². The molecule has 0 aliphatic heterocycles. The molecule has 0 radical (unpaired) electrons. The van der Waals surface area contributed by atoms with Crippen LogP contribution in [0.3, 0.4) is 0 Å². The Morgan fingerprint density at radius 3 is 2.55 bits per heavy atom. The van der Waals surface area contributed by atoms with Crippen molar-refractivity contribution < 1.29 is 9.59 Å². The lowest BCUT2D eigenvalue weighted by Crippen LogP contribution is -2.34. The molecule has 0 spiro atoms. The molecule has 2 rings (SSSR count). The highest BCUT2D eigenvalue weighted by Crippen LogP contribution is 2.40. The van der Waals surface area contributed by atoms with Gasteiger partial charge in [0.25, 0.3) is 0 Å².